The Morgan fingerprint density at radius 1 is 1.13 bits per heavy atom. The Balaban J connectivity index is 1.89. The lowest BCUT2D eigenvalue weighted by atomic mass is 10.2. The number of aromatic nitrogens is 2. The second-order valence-electron chi connectivity index (χ2n) is 6.81. The number of rotatable bonds is 6. The monoisotopic (exact) mass is 426 g/mol. The van der Waals surface area contributed by atoms with Gasteiger partial charge >= 0.3 is 0 Å². The van der Waals surface area contributed by atoms with Crippen molar-refractivity contribution in [1.82, 2.24) is 14.1 Å². The van der Waals surface area contributed by atoms with Crippen molar-refractivity contribution in [3.8, 4) is 5.69 Å². The predicted octanol–water partition coefficient (Wildman–Crippen LogP) is 1.97. The van der Waals surface area contributed by atoms with Gasteiger partial charge in [0.15, 0.2) is 0 Å². The van der Waals surface area contributed by atoms with Crippen LogP contribution in [0.5, 0.6) is 0 Å². The van der Waals surface area contributed by atoms with Crippen LogP contribution in [0.15, 0.2) is 59.5 Å². The zero-order valence-electron chi connectivity index (χ0n) is 16.7. The Morgan fingerprint density at radius 2 is 1.80 bits per heavy atom. The highest BCUT2D eigenvalue weighted by Gasteiger charge is 2.19. The number of sulfonamides is 1. The van der Waals surface area contributed by atoms with E-state index in [0.717, 1.165) is 4.31 Å². The van der Waals surface area contributed by atoms with E-state index in [4.69, 9.17) is 11.1 Å². The molecule has 1 heterocycles. The average Bonchev–Trinajstić information content (AvgIpc) is 3.10. The third-order valence-corrected chi connectivity index (χ3v) is 6.19. The number of amidine groups is 1. The van der Waals surface area contributed by atoms with Crippen molar-refractivity contribution >= 4 is 27.5 Å². The number of nitrogens with two attached hydrogens (primary N) is 1. The van der Waals surface area contributed by atoms with Gasteiger partial charge in [-0.3, -0.25) is 10.2 Å². The van der Waals surface area contributed by atoms with Gasteiger partial charge in [-0.05, 0) is 49.4 Å². The van der Waals surface area contributed by atoms with Gasteiger partial charge in [-0.1, -0.05) is 12.1 Å². The molecule has 1 aromatic heterocycles. The predicted molar refractivity (Wildman–Crippen MR) is 115 cm³/mol. The van der Waals surface area contributed by atoms with E-state index in [1.54, 1.807) is 37.3 Å². The molecule has 10 heteroatoms. The number of hydrogen-bond acceptors (Lipinski definition) is 5. The van der Waals surface area contributed by atoms with Crippen molar-refractivity contribution < 1.29 is 13.2 Å². The first-order chi connectivity index (χ1) is 14.1. The normalized spacial score (nSPS) is 11.5. The number of benzene rings is 2. The Labute approximate surface area is 174 Å². The van der Waals surface area contributed by atoms with E-state index < -0.39 is 15.9 Å². The summed E-state index contributed by atoms with van der Waals surface area (Å²) in [6.07, 6.45) is 0. The van der Waals surface area contributed by atoms with Crippen molar-refractivity contribution in [1.29, 1.82) is 5.41 Å². The molecule has 30 heavy (non-hydrogen) atoms. The molecule has 0 aliphatic rings. The van der Waals surface area contributed by atoms with Gasteiger partial charge < -0.3 is 11.1 Å². The van der Waals surface area contributed by atoms with Gasteiger partial charge in [-0.2, -0.15) is 5.10 Å². The number of nitrogens with one attached hydrogen (secondary N) is 2. The van der Waals surface area contributed by atoms with Crippen LogP contribution in [0.2, 0.25) is 0 Å². The van der Waals surface area contributed by atoms with Crippen LogP contribution < -0.4 is 11.1 Å². The summed E-state index contributed by atoms with van der Waals surface area (Å²) in [4.78, 5) is 13.0. The number of amides is 1. The van der Waals surface area contributed by atoms with Crippen LogP contribution in [0.4, 0.5) is 5.69 Å². The number of carbonyl (C=O) groups is 1. The van der Waals surface area contributed by atoms with Gasteiger partial charge in [-0.15, -0.1) is 0 Å². The maximum Gasteiger partial charge on any atom is 0.274 e. The van der Waals surface area contributed by atoms with Gasteiger partial charge in [0.25, 0.3) is 5.91 Å². The third kappa shape index (κ3) is 4.24. The van der Waals surface area contributed by atoms with E-state index in [1.165, 1.54) is 43.0 Å². The second-order valence-corrected chi connectivity index (χ2v) is 8.96. The summed E-state index contributed by atoms with van der Waals surface area (Å²) in [6.45, 7) is 1.77. The summed E-state index contributed by atoms with van der Waals surface area (Å²) in [7, 11) is -0.638. The summed E-state index contributed by atoms with van der Waals surface area (Å²) >= 11 is 0. The molecule has 0 aliphatic carbocycles. The number of carbonyl (C=O) groups excluding carboxylic acids is 1. The van der Waals surface area contributed by atoms with E-state index in [1.807, 2.05) is 0 Å². The smallest absolute Gasteiger partial charge is 0.274 e. The molecular weight excluding hydrogens is 404 g/mol. The van der Waals surface area contributed by atoms with Gasteiger partial charge in [0.05, 0.1) is 16.3 Å². The number of nitrogen functional groups attached to an aromatic ring is 1. The summed E-state index contributed by atoms with van der Waals surface area (Å²) in [5.74, 6) is -0.494. The molecule has 0 bridgehead atoms. The molecule has 3 rings (SSSR count). The standard InChI is InChI=1S/C20H22N6O3S/c1-13-11-18(26(24-13)16-6-4-5-14(12-16)19(21)22)20(27)23-15-7-9-17(10-8-15)30(28,29)25(2)3/h4-12H,1-3H3,(H3,21,22)(H,23,27). The molecule has 0 saturated carbocycles. The van der Waals surface area contributed by atoms with Crippen LogP contribution in [-0.4, -0.2) is 48.3 Å². The Bertz CT molecular complexity index is 1210. The van der Waals surface area contributed by atoms with Gasteiger partial charge in [0.1, 0.15) is 11.5 Å². The summed E-state index contributed by atoms with van der Waals surface area (Å²) in [5.41, 5.74) is 8.04. The third-order valence-electron chi connectivity index (χ3n) is 4.36. The zero-order chi connectivity index (χ0) is 22.1. The van der Waals surface area contributed by atoms with E-state index in [-0.39, 0.29) is 16.4 Å². The lowest BCUT2D eigenvalue weighted by Gasteiger charge is -2.12. The minimum absolute atomic E-state index is 0.0838. The van der Waals surface area contributed by atoms with Crippen molar-refractivity contribution in [3.05, 3.63) is 71.5 Å². The highest BCUT2D eigenvalue weighted by molar-refractivity contribution is 7.89. The Morgan fingerprint density at radius 3 is 2.40 bits per heavy atom. The Hall–Kier alpha value is -3.50. The first kappa shape index (κ1) is 21.2. The quantitative estimate of drug-likeness (QED) is 0.409. The fraction of sp³-hybridized carbons (Fsp3) is 0.150. The van der Waals surface area contributed by atoms with E-state index in [2.05, 4.69) is 10.4 Å². The van der Waals surface area contributed by atoms with Crippen LogP contribution >= 0.6 is 0 Å². The minimum Gasteiger partial charge on any atom is -0.384 e. The van der Waals surface area contributed by atoms with Crippen molar-refractivity contribution in [2.75, 3.05) is 19.4 Å². The molecular formula is C20H22N6O3S. The van der Waals surface area contributed by atoms with Crippen molar-refractivity contribution in [2.24, 2.45) is 5.73 Å². The summed E-state index contributed by atoms with van der Waals surface area (Å²) < 4.78 is 26.9. The van der Waals surface area contributed by atoms with Crippen LogP contribution in [0, 0.1) is 12.3 Å². The fourth-order valence-corrected chi connectivity index (χ4v) is 3.68. The highest BCUT2D eigenvalue weighted by atomic mass is 32.2. The fourth-order valence-electron chi connectivity index (χ4n) is 2.78. The van der Waals surface area contributed by atoms with Gasteiger partial charge in [0, 0.05) is 25.3 Å². The van der Waals surface area contributed by atoms with Crippen molar-refractivity contribution in [3.63, 3.8) is 0 Å². The van der Waals surface area contributed by atoms with Gasteiger partial charge in [0.2, 0.25) is 10.0 Å². The minimum atomic E-state index is -3.55. The van der Waals surface area contributed by atoms with Crippen LogP contribution in [0.3, 0.4) is 0 Å². The number of nitrogens with zero attached hydrogens (tertiary/aromatic N) is 3. The molecule has 3 aromatic rings. The molecule has 0 spiro atoms. The largest absolute Gasteiger partial charge is 0.384 e. The van der Waals surface area contributed by atoms with E-state index >= 15 is 0 Å². The SMILES string of the molecule is Cc1cc(C(=O)Nc2ccc(S(=O)(=O)N(C)C)cc2)n(-c2cccc(C(=N)N)c2)n1. The highest BCUT2D eigenvalue weighted by Crippen LogP contribution is 2.19. The second kappa shape index (κ2) is 8.09. The molecule has 9 nitrogen and oxygen atoms in total. The molecule has 0 unspecified atom stereocenters. The lowest BCUT2D eigenvalue weighted by molar-refractivity contribution is 0.101. The first-order valence-corrected chi connectivity index (χ1v) is 10.4. The topological polar surface area (TPSA) is 134 Å². The Kier molecular flexibility index (Phi) is 5.72. The maximum absolute atomic E-state index is 12.9. The number of aryl methyl sites for hydroxylation is 1. The molecule has 0 fully saturated rings. The molecule has 1 amide bonds. The van der Waals surface area contributed by atoms with Crippen LogP contribution in [0.25, 0.3) is 5.69 Å². The molecule has 0 atom stereocenters. The summed E-state index contributed by atoms with van der Waals surface area (Å²) in [6, 6.07) is 14.4. The molecule has 0 aliphatic heterocycles. The average molecular weight is 427 g/mol. The van der Waals surface area contributed by atoms with Crippen LogP contribution in [-0.2, 0) is 10.0 Å². The van der Waals surface area contributed by atoms with Crippen LogP contribution in [0.1, 0.15) is 21.7 Å². The molecule has 4 N–H and O–H groups in total. The van der Waals surface area contributed by atoms with Crippen molar-refractivity contribution in [2.45, 2.75) is 11.8 Å². The van der Waals surface area contributed by atoms with Gasteiger partial charge in [-0.25, -0.2) is 17.4 Å². The zero-order valence-corrected chi connectivity index (χ0v) is 17.6. The molecule has 0 saturated heterocycles. The maximum atomic E-state index is 12.9. The number of hydrogen-bond donors (Lipinski definition) is 3. The number of anilines is 1. The molecule has 0 radical (unpaired) electrons. The molecule has 156 valence electrons. The molecule has 2 aromatic carbocycles. The van der Waals surface area contributed by atoms with E-state index in [0.29, 0.717) is 22.6 Å². The lowest BCUT2D eigenvalue weighted by Crippen LogP contribution is -2.22. The van der Waals surface area contributed by atoms with E-state index in [9.17, 15) is 13.2 Å². The summed E-state index contributed by atoms with van der Waals surface area (Å²) in [5, 5.41) is 14.7. The first-order valence-electron chi connectivity index (χ1n) is 8.95.